The third-order valence-corrected chi connectivity index (χ3v) is 3.10. The summed E-state index contributed by atoms with van der Waals surface area (Å²) in [6.07, 6.45) is 0. The molecular formula is C9H6BrIN2O. The van der Waals surface area contributed by atoms with Crippen molar-refractivity contribution in [2.24, 2.45) is 0 Å². The average molecular weight is 365 g/mol. The van der Waals surface area contributed by atoms with Gasteiger partial charge in [0.05, 0.1) is 0 Å². The van der Waals surface area contributed by atoms with E-state index in [1.165, 1.54) is 0 Å². The maximum Gasteiger partial charge on any atom is 0.222 e. The molecule has 0 saturated carbocycles. The van der Waals surface area contributed by atoms with Crippen LogP contribution in [0.25, 0.3) is 11.3 Å². The van der Waals surface area contributed by atoms with E-state index in [4.69, 9.17) is 10.3 Å². The van der Waals surface area contributed by atoms with Crippen molar-refractivity contribution in [3.05, 3.63) is 32.3 Å². The number of anilines is 1. The highest BCUT2D eigenvalue weighted by molar-refractivity contribution is 14.1. The van der Waals surface area contributed by atoms with Crippen LogP contribution in [0.1, 0.15) is 0 Å². The first kappa shape index (κ1) is 9.97. The number of hydrogen-bond acceptors (Lipinski definition) is 3. The van der Waals surface area contributed by atoms with Crippen molar-refractivity contribution in [1.82, 2.24) is 5.16 Å². The summed E-state index contributed by atoms with van der Waals surface area (Å²) in [7, 11) is 0. The smallest absolute Gasteiger partial charge is 0.222 e. The normalized spacial score (nSPS) is 10.4. The van der Waals surface area contributed by atoms with Crippen LogP contribution in [0.5, 0.6) is 0 Å². The Kier molecular flexibility index (Phi) is 2.78. The zero-order valence-corrected chi connectivity index (χ0v) is 10.7. The Morgan fingerprint density at radius 2 is 2.14 bits per heavy atom. The summed E-state index contributed by atoms with van der Waals surface area (Å²) >= 11 is 5.70. The predicted octanol–water partition coefficient (Wildman–Crippen LogP) is 3.29. The quantitative estimate of drug-likeness (QED) is 0.790. The van der Waals surface area contributed by atoms with Gasteiger partial charge in [0.15, 0.2) is 0 Å². The van der Waals surface area contributed by atoms with Crippen LogP contribution in [0, 0.1) is 3.57 Å². The molecule has 1 aromatic heterocycles. The molecule has 3 nitrogen and oxygen atoms in total. The second-order valence-corrected chi connectivity index (χ2v) is 4.84. The molecule has 0 radical (unpaired) electrons. The average Bonchev–Trinajstić information content (AvgIpc) is 2.56. The van der Waals surface area contributed by atoms with Gasteiger partial charge in [-0.1, -0.05) is 21.1 Å². The zero-order chi connectivity index (χ0) is 10.1. The number of benzene rings is 1. The molecule has 0 unspecified atom stereocenters. The Hall–Kier alpha value is -0.560. The molecule has 0 saturated heterocycles. The van der Waals surface area contributed by atoms with Crippen LogP contribution in [0.3, 0.4) is 0 Å². The molecule has 14 heavy (non-hydrogen) atoms. The summed E-state index contributed by atoms with van der Waals surface area (Å²) in [5.74, 6) is 0.325. The molecule has 0 spiro atoms. The molecule has 72 valence electrons. The summed E-state index contributed by atoms with van der Waals surface area (Å²) in [6, 6.07) is 7.71. The summed E-state index contributed by atoms with van der Waals surface area (Å²) in [6.45, 7) is 0. The second-order valence-electron chi connectivity index (χ2n) is 2.74. The molecule has 0 bridgehead atoms. The molecule has 0 aliphatic carbocycles. The van der Waals surface area contributed by atoms with Gasteiger partial charge in [0.2, 0.25) is 5.88 Å². The number of nitrogens with zero attached hydrogens (tertiary/aromatic N) is 1. The van der Waals surface area contributed by atoms with E-state index in [0.717, 1.165) is 19.3 Å². The maximum absolute atomic E-state index is 5.46. The molecule has 1 heterocycles. The first-order valence-electron chi connectivity index (χ1n) is 3.84. The van der Waals surface area contributed by atoms with Gasteiger partial charge >= 0.3 is 0 Å². The van der Waals surface area contributed by atoms with Crippen LogP contribution < -0.4 is 5.73 Å². The summed E-state index contributed by atoms with van der Waals surface area (Å²) in [5, 5.41) is 3.85. The number of aromatic nitrogens is 1. The first-order valence-corrected chi connectivity index (χ1v) is 5.71. The van der Waals surface area contributed by atoms with Gasteiger partial charge in [0.1, 0.15) is 5.69 Å². The van der Waals surface area contributed by atoms with Gasteiger partial charge in [-0.2, -0.15) is 0 Å². The van der Waals surface area contributed by atoms with Crippen molar-refractivity contribution in [3.63, 3.8) is 0 Å². The van der Waals surface area contributed by atoms with E-state index in [0.29, 0.717) is 5.88 Å². The van der Waals surface area contributed by atoms with Gasteiger partial charge in [-0.05, 0) is 40.8 Å². The highest BCUT2D eigenvalue weighted by atomic mass is 127. The molecule has 2 N–H and O–H groups in total. The molecular weight excluding hydrogens is 359 g/mol. The van der Waals surface area contributed by atoms with Crippen molar-refractivity contribution in [3.8, 4) is 11.3 Å². The summed E-state index contributed by atoms with van der Waals surface area (Å²) in [5.41, 5.74) is 7.18. The van der Waals surface area contributed by atoms with Crippen LogP contribution in [-0.2, 0) is 0 Å². The molecule has 0 amide bonds. The topological polar surface area (TPSA) is 52.0 Å². The Labute approximate surface area is 103 Å². The number of rotatable bonds is 1. The van der Waals surface area contributed by atoms with E-state index in [1.807, 2.05) is 18.2 Å². The van der Waals surface area contributed by atoms with Crippen molar-refractivity contribution < 1.29 is 4.52 Å². The van der Waals surface area contributed by atoms with E-state index in [1.54, 1.807) is 6.07 Å². The van der Waals surface area contributed by atoms with Gasteiger partial charge in [-0.3, -0.25) is 0 Å². The highest BCUT2D eigenvalue weighted by Gasteiger charge is 2.08. The van der Waals surface area contributed by atoms with Gasteiger partial charge in [-0.25, -0.2) is 0 Å². The lowest BCUT2D eigenvalue weighted by Crippen LogP contribution is -1.81. The Bertz CT molecular complexity index is 470. The lowest BCUT2D eigenvalue weighted by Gasteiger charge is -1.99. The van der Waals surface area contributed by atoms with E-state index in [9.17, 15) is 0 Å². The molecule has 0 aliphatic rings. The van der Waals surface area contributed by atoms with Crippen LogP contribution in [-0.4, -0.2) is 5.16 Å². The molecule has 2 aromatic rings. The Morgan fingerprint density at radius 1 is 1.36 bits per heavy atom. The van der Waals surface area contributed by atoms with E-state index in [2.05, 4.69) is 43.7 Å². The van der Waals surface area contributed by atoms with Gasteiger partial charge in [0, 0.05) is 19.7 Å². The van der Waals surface area contributed by atoms with Gasteiger partial charge in [0.25, 0.3) is 0 Å². The minimum atomic E-state index is 0.325. The predicted molar refractivity (Wildman–Crippen MR) is 66.8 cm³/mol. The van der Waals surface area contributed by atoms with Crippen molar-refractivity contribution >= 4 is 44.4 Å². The van der Waals surface area contributed by atoms with Crippen LogP contribution in [0.4, 0.5) is 5.88 Å². The van der Waals surface area contributed by atoms with Crippen molar-refractivity contribution in [2.75, 3.05) is 5.73 Å². The van der Waals surface area contributed by atoms with Crippen molar-refractivity contribution in [1.29, 1.82) is 0 Å². The molecule has 5 heteroatoms. The van der Waals surface area contributed by atoms with Crippen LogP contribution >= 0.6 is 38.5 Å². The largest absolute Gasteiger partial charge is 0.368 e. The third-order valence-electron chi connectivity index (χ3n) is 1.73. The van der Waals surface area contributed by atoms with E-state index in [-0.39, 0.29) is 0 Å². The van der Waals surface area contributed by atoms with Gasteiger partial charge < -0.3 is 10.3 Å². The molecule has 0 aliphatic heterocycles. The SMILES string of the molecule is Nc1cc(-c2cc(I)ccc2Br)no1. The number of nitrogen functional groups attached to an aromatic ring is 1. The molecule has 0 atom stereocenters. The van der Waals surface area contributed by atoms with Gasteiger partial charge in [-0.15, -0.1) is 0 Å². The monoisotopic (exact) mass is 364 g/mol. The molecule has 1 aromatic carbocycles. The highest BCUT2D eigenvalue weighted by Crippen LogP contribution is 2.29. The standard InChI is InChI=1S/C9H6BrIN2O/c10-7-2-1-5(11)3-6(7)8-4-9(12)14-13-8/h1-4H,12H2. The minimum absolute atomic E-state index is 0.325. The number of halogens is 2. The van der Waals surface area contributed by atoms with E-state index >= 15 is 0 Å². The number of hydrogen-bond donors (Lipinski definition) is 1. The van der Waals surface area contributed by atoms with Crippen LogP contribution in [0.2, 0.25) is 0 Å². The Morgan fingerprint density at radius 3 is 2.79 bits per heavy atom. The Balaban J connectivity index is 2.55. The summed E-state index contributed by atoms with van der Waals surface area (Å²) in [4.78, 5) is 0. The maximum atomic E-state index is 5.46. The molecule has 0 fully saturated rings. The summed E-state index contributed by atoms with van der Waals surface area (Å²) < 4.78 is 6.94. The third kappa shape index (κ3) is 1.93. The molecule has 2 rings (SSSR count). The number of nitrogens with two attached hydrogens (primary N) is 1. The van der Waals surface area contributed by atoms with Crippen LogP contribution in [0.15, 0.2) is 33.3 Å². The van der Waals surface area contributed by atoms with Crippen molar-refractivity contribution in [2.45, 2.75) is 0 Å². The fourth-order valence-electron chi connectivity index (χ4n) is 1.11. The van der Waals surface area contributed by atoms with E-state index < -0.39 is 0 Å². The first-order chi connectivity index (χ1) is 6.66. The lowest BCUT2D eigenvalue weighted by molar-refractivity contribution is 0.439. The lowest BCUT2D eigenvalue weighted by atomic mass is 10.1. The second kappa shape index (κ2) is 3.90. The fourth-order valence-corrected chi connectivity index (χ4v) is 2.05. The minimum Gasteiger partial charge on any atom is -0.368 e. The fraction of sp³-hybridized carbons (Fsp3) is 0. The zero-order valence-electron chi connectivity index (χ0n) is 7.00.